The summed E-state index contributed by atoms with van der Waals surface area (Å²) in [5, 5.41) is 10.9. The number of nitrogens with one attached hydrogen (secondary N) is 2. The molecule has 0 spiro atoms. The minimum absolute atomic E-state index is 0.106. The molecule has 112 valence electrons. The van der Waals surface area contributed by atoms with E-state index < -0.39 is 0 Å². The maximum absolute atomic E-state index is 12.1. The molecule has 1 atom stereocenters. The maximum atomic E-state index is 12.1. The van der Waals surface area contributed by atoms with Crippen LogP contribution in [0.25, 0.3) is 0 Å². The molecule has 2 heterocycles. The normalized spacial score (nSPS) is 18.8. The Kier molecular flexibility index (Phi) is 4.81. The van der Waals surface area contributed by atoms with Gasteiger partial charge in [0.05, 0.1) is 12.1 Å². The zero-order valence-corrected chi connectivity index (χ0v) is 13.0. The number of amides is 1. The smallest absolute Gasteiger partial charge is 0.224 e. The van der Waals surface area contributed by atoms with Gasteiger partial charge in [-0.25, -0.2) is 0 Å². The highest BCUT2D eigenvalue weighted by molar-refractivity contribution is 5.79. The lowest BCUT2D eigenvalue weighted by Crippen LogP contribution is -2.37. The van der Waals surface area contributed by atoms with Crippen molar-refractivity contribution in [2.75, 3.05) is 13.1 Å². The SMILES string of the molecule is Cc1nn(CC(C)C)c(C)c1CC(=O)NC1CCNC1. The molecule has 0 aliphatic carbocycles. The summed E-state index contributed by atoms with van der Waals surface area (Å²) in [5.41, 5.74) is 3.17. The molecule has 1 amide bonds. The molecule has 0 saturated carbocycles. The number of rotatable bonds is 5. The molecule has 1 aliphatic rings. The van der Waals surface area contributed by atoms with Gasteiger partial charge in [0.1, 0.15) is 0 Å². The molecule has 1 saturated heterocycles. The van der Waals surface area contributed by atoms with Crippen molar-refractivity contribution < 1.29 is 4.79 Å². The Morgan fingerprint density at radius 3 is 2.85 bits per heavy atom. The van der Waals surface area contributed by atoms with Gasteiger partial charge in [-0.1, -0.05) is 13.8 Å². The number of nitrogens with zero attached hydrogens (tertiary/aromatic N) is 2. The Morgan fingerprint density at radius 1 is 1.50 bits per heavy atom. The summed E-state index contributed by atoms with van der Waals surface area (Å²) in [6, 6.07) is 0.286. The first-order chi connectivity index (χ1) is 9.47. The zero-order valence-electron chi connectivity index (χ0n) is 13.0. The quantitative estimate of drug-likeness (QED) is 0.850. The van der Waals surface area contributed by atoms with E-state index in [9.17, 15) is 4.79 Å². The van der Waals surface area contributed by atoms with Crippen LogP contribution in [-0.2, 0) is 17.8 Å². The van der Waals surface area contributed by atoms with Gasteiger partial charge in [-0.05, 0) is 32.7 Å². The molecule has 2 rings (SSSR count). The minimum atomic E-state index is 0.106. The van der Waals surface area contributed by atoms with Crippen LogP contribution in [0.3, 0.4) is 0 Å². The van der Waals surface area contributed by atoms with Gasteiger partial charge < -0.3 is 10.6 Å². The van der Waals surface area contributed by atoms with Crippen LogP contribution in [0.2, 0.25) is 0 Å². The average molecular weight is 278 g/mol. The Morgan fingerprint density at radius 2 is 2.25 bits per heavy atom. The molecule has 0 bridgehead atoms. The van der Waals surface area contributed by atoms with Crippen molar-refractivity contribution in [1.29, 1.82) is 0 Å². The van der Waals surface area contributed by atoms with Crippen LogP contribution in [0.5, 0.6) is 0 Å². The van der Waals surface area contributed by atoms with Gasteiger partial charge in [0.2, 0.25) is 5.91 Å². The number of hydrogen-bond donors (Lipinski definition) is 2. The van der Waals surface area contributed by atoms with Crippen LogP contribution in [0.4, 0.5) is 0 Å². The minimum Gasteiger partial charge on any atom is -0.352 e. The first-order valence-electron chi connectivity index (χ1n) is 7.50. The predicted molar refractivity (Wildman–Crippen MR) is 79.7 cm³/mol. The molecule has 20 heavy (non-hydrogen) atoms. The molecule has 1 aromatic heterocycles. The zero-order chi connectivity index (χ0) is 14.7. The lowest BCUT2D eigenvalue weighted by molar-refractivity contribution is -0.121. The van der Waals surface area contributed by atoms with E-state index in [1.165, 1.54) is 0 Å². The van der Waals surface area contributed by atoms with Crippen LogP contribution < -0.4 is 10.6 Å². The Hall–Kier alpha value is -1.36. The van der Waals surface area contributed by atoms with E-state index in [0.717, 1.165) is 43.0 Å². The highest BCUT2D eigenvalue weighted by Crippen LogP contribution is 2.15. The third-order valence-electron chi connectivity index (χ3n) is 3.83. The van der Waals surface area contributed by atoms with Crippen molar-refractivity contribution >= 4 is 5.91 Å². The average Bonchev–Trinajstić information content (AvgIpc) is 2.93. The summed E-state index contributed by atoms with van der Waals surface area (Å²) in [6.45, 7) is 11.2. The van der Waals surface area contributed by atoms with Crippen LogP contribution in [0.1, 0.15) is 37.2 Å². The molecular formula is C15H26N4O. The van der Waals surface area contributed by atoms with Crippen molar-refractivity contribution in [2.24, 2.45) is 5.92 Å². The van der Waals surface area contributed by atoms with Gasteiger partial charge in [-0.2, -0.15) is 5.10 Å². The largest absolute Gasteiger partial charge is 0.352 e. The predicted octanol–water partition coefficient (Wildman–Crippen LogP) is 1.18. The molecule has 1 unspecified atom stereocenters. The first kappa shape index (κ1) is 15.0. The number of hydrogen-bond acceptors (Lipinski definition) is 3. The lowest BCUT2D eigenvalue weighted by atomic mass is 10.1. The van der Waals surface area contributed by atoms with Crippen LogP contribution in [0, 0.1) is 19.8 Å². The molecule has 5 heteroatoms. The highest BCUT2D eigenvalue weighted by Gasteiger charge is 2.19. The molecule has 1 aliphatic heterocycles. The molecule has 0 aromatic carbocycles. The van der Waals surface area contributed by atoms with Gasteiger partial charge in [0.25, 0.3) is 0 Å². The molecule has 1 fully saturated rings. The molecule has 0 radical (unpaired) electrons. The summed E-state index contributed by atoms with van der Waals surface area (Å²) >= 11 is 0. The Labute approximate surface area is 121 Å². The second kappa shape index (κ2) is 6.39. The van der Waals surface area contributed by atoms with E-state index in [0.29, 0.717) is 12.3 Å². The number of aromatic nitrogens is 2. The van der Waals surface area contributed by atoms with Crippen molar-refractivity contribution in [3.05, 3.63) is 17.0 Å². The van der Waals surface area contributed by atoms with Crippen LogP contribution in [-0.4, -0.2) is 34.8 Å². The second-order valence-electron chi connectivity index (χ2n) is 6.16. The summed E-state index contributed by atoms with van der Waals surface area (Å²) in [5.74, 6) is 0.660. The van der Waals surface area contributed by atoms with Crippen molar-refractivity contribution in [2.45, 2.75) is 53.1 Å². The molecule has 1 aromatic rings. The third-order valence-corrected chi connectivity index (χ3v) is 3.83. The fourth-order valence-electron chi connectivity index (χ4n) is 2.73. The number of carbonyl (C=O) groups is 1. The lowest BCUT2D eigenvalue weighted by Gasteiger charge is -2.11. The van der Waals surface area contributed by atoms with E-state index in [-0.39, 0.29) is 11.9 Å². The van der Waals surface area contributed by atoms with E-state index in [1.807, 2.05) is 11.6 Å². The second-order valence-corrected chi connectivity index (χ2v) is 6.16. The van der Waals surface area contributed by atoms with Gasteiger partial charge in [-0.3, -0.25) is 9.48 Å². The summed E-state index contributed by atoms with van der Waals surface area (Å²) in [4.78, 5) is 12.1. The maximum Gasteiger partial charge on any atom is 0.224 e. The van der Waals surface area contributed by atoms with Gasteiger partial charge in [-0.15, -0.1) is 0 Å². The van der Waals surface area contributed by atoms with Gasteiger partial charge in [0.15, 0.2) is 0 Å². The van der Waals surface area contributed by atoms with Gasteiger partial charge in [0, 0.05) is 30.4 Å². The Bertz CT molecular complexity index is 472. The first-order valence-corrected chi connectivity index (χ1v) is 7.50. The van der Waals surface area contributed by atoms with Gasteiger partial charge >= 0.3 is 0 Å². The fraction of sp³-hybridized carbons (Fsp3) is 0.733. The van der Waals surface area contributed by atoms with Crippen LogP contribution >= 0.6 is 0 Å². The van der Waals surface area contributed by atoms with E-state index in [4.69, 9.17) is 0 Å². The van der Waals surface area contributed by atoms with Crippen molar-refractivity contribution in [1.82, 2.24) is 20.4 Å². The summed E-state index contributed by atoms with van der Waals surface area (Å²) in [7, 11) is 0. The Balaban J connectivity index is 2.01. The highest BCUT2D eigenvalue weighted by atomic mass is 16.1. The standard InChI is InChI=1S/C15H26N4O/c1-10(2)9-19-12(4)14(11(3)18-19)7-15(20)17-13-5-6-16-8-13/h10,13,16H,5-9H2,1-4H3,(H,17,20). The van der Waals surface area contributed by atoms with Crippen molar-refractivity contribution in [3.8, 4) is 0 Å². The number of aryl methyl sites for hydroxylation is 1. The van der Waals surface area contributed by atoms with Crippen LogP contribution in [0.15, 0.2) is 0 Å². The van der Waals surface area contributed by atoms with E-state index in [1.54, 1.807) is 0 Å². The third kappa shape index (κ3) is 3.60. The summed E-state index contributed by atoms with van der Waals surface area (Å²) in [6.07, 6.45) is 1.46. The van der Waals surface area contributed by atoms with E-state index >= 15 is 0 Å². The molecule has 5 nitrogen and oxygen atoms in total. The summed E-state index contributed by atoms with van der Waals surface area (Å²) < 4.78 is 2.03. The molecule has 2 N–H and O–H groups in total. The monoisotopic (exact) mass is 278 g/mol. The molecular weight excluding hydrogens is 252 g/mol. The van der Waals surface area contributed by atoms with E-state index in [2.05, 4.69) is 36.5 Å². The fourth-order valence-corrected chi connectivity index (χ4v) is 2.73. The van der Waals surface area contributed by atoms with Crippen molar-refractivity contribution in [3.63, 3.8) is 0 Å². The number of carbonyl (C=O) groups excluding carboxylic acids is 1. The topological polar surface area (TPSA) is 59.0 Å².